The lowest BCUT2D eigenvalue weighted by Crippen LogP contribution is -2.19. The zero-order valence-electron chi connectivity index (χ0n) is 48.3. The Morgan fingerprint density at radius 2 is 0.436 bits per heavy atom. The highest BCUT2D eigenvalue weighted by Gasteiger charge is 2.35. The normalized spacial score (nSPS) is 14.1. The molecule has 0 saturated carbocycles. The molecule has 0 unspecified atom stereocenters. The number of hydrogen-bond acceptors (Lipinski definition) is 18. The summed E-state index contributed by atoms with van der Waals surface area (Å²) in [6, 6.07) is 69.8. The van der Waals surface area contributed by atoms with Gasteiger partial charge in [-0.3, -0.25) is 0 Å². The lowest BCUT2D eigenvalue weighted by atomic mass is 9.97. The summed E-state index contributed by atoms with van der Waals surface area (Å²) in [4.78, 5) is 136. The van der Waals surface area contributed by atoms with Crippen molar-refractivity contribution in [2.45, 2.75) is 0 Å². The van der Waals surface area contributed by atoms with E-state index in [4.69, 9.17) is 0 Å². The van der Waals surface area contributed by atoms with Crippen LogP contribution in [0, 0.1) is 0 Å². The van der Waals surface area contributed by atoms with Crippen molar-refractivity contribution in [3.8, 4) is 0 Å². The molecule has 0 N–H and O–H groups in total. The molecule has 450 valence electrons. The molecule has 0 fully saturated rings. The molecule has 0 spiro atoms. The lowest BCUT2D eigenvalue weighted by Gasteiger charge is -2.14. The minimum Gasteiger partial charge on any atom is -0.386 e. The third kappa shape index (κ3) is 10.5. The van der Waals surface area contributed by atoms with E-state index >= 15 is 0 Å². The summed E-state index contributed by atoms with van der Waals surface area (Å²) >= 11 is 0. The van der Waals surface area contributed by atoms with Crippen LogP contribution in [0.15, 0.2) is 231 Å². The van der Waals surface area contributed by atoms with Gasteiger partial charge in [0.15, 0.2) is 0 Å². The minimum absolute atomic E-state index is 0.354. The molecule has 19 rings (SSSR count). The second-order valence-electron chi connectivity index (χ2n) is 21.6. The van der Waals surface area contributed by atoms with Crippen LogP contribution in [-0.4, -0.2) is 71.6 Å². The van der Waals surface area contributed by atoms with Crippen LogP contribution in [0.5, 0.6) is 0 Å². The number of benzene rings is 13. The number of carbonyl (C=O) groups is 12. The van der Waals surface area contributed by atoms with Crippen LogP contribution in [0.25, 0.3) is 75.4 Å². The molecule has 0 aromatic heterocycles. The van der Waals surface area contributed by atoms with E-state index in [1.165, 1.54) is 0 Å². The summed E-state index contributed by atoms with van der Waals surface area (Å²) in [6.07, 6.45) is 0. The van der Waals surface area contributed by atoms with Crippen molar-refractivity contribution in [1.82, 2.24) is 0 Å². The van der Waals surface area contributed by atoms with Crippen LogP contribution in [0.1, 0.15) is 124 Å². The maximum absolute atomic E-state index is 11.8. The van der Waals surface area contributed by atoms with Crippen molar-refractivity contribution >= 4 is 147 Å². The molecule has 18 nitrogen and oxygen atoms in total. The topological polar surface area (TPSA) is 260 Å². The van der Waals surface area contributed by atoms with E-state index < -0.39 is 71.6 Å². The van der Waals surface area contributed by atoms with Gasteiger partial charge in [-0.05, 0) is 155 Å². The predicted octanol–water partition coefficient (Wildman–Crippen LogP) is 14.1. The smallest absolute Gasteiger partial charge is 0.347 e. The molecule has 13 aromatic rings. The average molecular weight is 1240 g/mol. The molecule has 0 aliphatic carbocycles. The zero-order valence-corrected chi connectivity index (χ0v) is 48.3. The van der Waals surface area contributed by atoms with Crippen molar-refractivity contribution in [1.29, 1.82) is 0 Å². The van der Waals surface area contributed by atoms with Crippen molar-refractivity contribution in [3.05, 3.63) is 297 Å². The van der Waals surface area contributed by atoms with Crippen LogP contribution in [-0.2, 0) is 28.4 Å². The second kappa shape index (κ2) is 23.5. The van der Waals surface area contributed by atoms with Gasteiger partial charge in [0.25, 0.3) is 0 Å². The summed E-state index contributed by atoms with van der Waals surface area (Å²) in [7, 11) is 0. The van der Waals surface area contributed by atoms with Gasteiger partial charge in [0.05, 0.1) is 66.8 Å². The third-order valence-electron chi connectivity index (χ3n) is 16.1. The second-order valence-corrected chi connectivity index (χ2v) is 21.6. The van der Waals surface area contributed by atoms with Crippen molar-refractivity contribution in [3.63, 3.8) is 0 Å². The molecule has 0 bridgehead atoms. The molecule has 0 atom stereocenters. The highest BCUT2D eigenvalue weighted by molar-refractivity contribution is 6.24. The van der Waals surface area contributed by atoms with Gasteiger partial charge in [-0.15, -0.1) is 0 Å². The summed E-state index contributed by atoms with van der Waals surface area (Å²) < 4.78 is 27.4. The first-order valence-electron chi connectivity index (χ1n) is 28.7. The first-order valence-corrected chi connectivity index (χ1v) is 28.7. The van der Waals surface area contributed by atoms with Gasteiger partial charge in [0, 0.05) is 5.39 Å². The monoisotopic (exact) mass is 1240 g/mol. The van der Waals surface area contributed by atoms with Gasteiger partial charge < -0.3 is 28.4 Å². The number of cyclic esters (lactones) is 12. The van der Waals surface area contributed by atoms with Crippen LogP contribution in [0.4, 0.5) is 0 Å². The van der Waals surface area contributed by atoms with Crippen molar-refractivity contribution in [2.75, 3.05) is 0 Å². The Morgan fingerprint density at radius 3 is 0.872 bits per heavy atom. The van der Waals surface area contributed by atoms with E-state index in [-0.39, 0.29) is 0 Å². The summed E-state index contributed by atoms with van der Waals surface area (Å²) in [6.45, 7) is 0. The Bertz CT molecular complexity index is 5410. The molecular formula is C76H38O18. The number of esters is 12. The maximum Gasteiger partial charge on any atom is 0.347 e. The van der Waals surface area contributed by atoms with E-state index in [0.29, 0.717) is 72.1 Å². The number of fused-ring (bicyclic) bond motifs is 13. The van der Waals surface area contributed by atoms with E-state index in [1.54, 1.807) is 84.9 Å². The van der Waals surface area contributed by atoms with Gasteiger partial charge in [0.2, 0.25) is 0 Å². The third-order valence-corrected chi connectivity index (χ3v) is 16.1. The standard InChI is InChI=1S/2C16H8O3.3C12H6O3.C8H4O3/c17-15-13-7-11-5-9-3-1-2-4-10(9)6-12(11)8-14(13)16(18)19-15;17-15-12-6-5-11-7-9-3-1-2-4-10(9)8-13(11)14(12)16(18)19-15;13-11-8-5-1-3-7-4-2-6-9(10(7)8)12(14)15-11;13-11-9-5-7-3-1-2-4-8(7)6-10(9)12(14)15-11;13-11-9-6-5-7-3-1-2-4-8(7)10(9)12(14)15-11;9-7-5-3-1-2-4-6(5)8(10)11-7/h2*1-8H;3*1-6H;1-4H. The summed E-state index contributed by atoms with van der Waals surface area (Å²) in [5.41, 5.74) is 4.55. The Hall–Kier alpha value is -13.5. The molecule has 94 heavy (non-hydrogen) atoms. The van der Waals surface area contributed by atoms with E-state index in [1.807, 2.05) is 146 Å². The Morgan fingerprint density at radius 1 is 0.160 bits per heavy atom. The zero-order chi connectivity index (χ0) is 65.1. The van der Waals surface area contributed by atoms with Gasteiger partial charge in [-0.2, -0.15) is 0 Å². The van der Waals surface area contributed by atoms with E-state index in [9.17, 15) is 57.5 Å². The molecule has 6 heterocycles. The minimum atomic E-state index is -0.565. The SMILES string of the molecule is O=C1OC(=O)c2c1ccc1cc3ccccc3cc21.O=C1OC(=O)c2c1ccc1ccccc21.O=C1OC(=O)c2cc3cc4ccccc4cc3cc21.O=C1OC(=O)c2cc3ccccc3cc21.O=C1OC(=O)c2cccc3cccc1c23.O=C1OC(=O)c2ccccc21. The molecular weight excluding hydrogens is 1200 g/mol. The highest BCUT2D eigenvalue weighted by atomic mass is 16.6. The molecule has 13 aromatic carbocycles. The van der Waals surface area contributed by atoms with Crippen LogP contribution in [0.3, 0.4) is 0 Å². The molecule has 6 aliphatic rings. The molecule has 0 radical (unpaired) electrons. The Kier molecular flexibility index (Phi) is 14.5. The Balaban J connectivity index is 0.0000000982. The van der Waals surface area contributed by atoms with Gasteiger partial charge in [0.1, 0.15) is 0 Å². The van der Waals surface area contributed by atoms with Gasteiger partial charge in [-0.1, -0.05) is 146 Å². The molecule has 6 aliphatic heterocycles. The Labute approximate surface area is 527 Å². The fourth-order valence-electron chi connectivity index (χ4n) is 11.7. The largest absolute Gasteiger partial charge is 0.386 e. The molecule has 0 saturated heterocycles. The highest BCUT2D eigenvalue weighted by Crippen LogP contribution is 2.35. The quantitative estimate of drug-likeness (QED) is 0.0591. The number of ether oxygens (including phenoxy) is 6. The van der Waals surface area contributed by atoms with Gasteiger partial charge >= 0.3 is 71.6 Å². The number of hydrogen-bond donors (Lipinski definition) is 0. The first-order chi connectivity index (χ1) is 45.5. The summed E-state index contributed by atoms with van der Waals surface area (Å²) in [5.74, 6) is -6.68. The fraction of sp³-hybridized carbons (Fsp3) is 0. The fourth-order valence-corrected chi connectivity index (χ4v) is 11.7. The average Bonchev–Trinajstić information content (AvgIpc) is 1.28. The van der Waals surface area contributed by atoms with Crippen molar-refractivity contribution in [2.24, 2.45) is 0 Å². The van der Waals surface area contributed by atoms with Gasteiger partial charge in [-0.25, -0.2) is 57.5 Å². The first kappa shape index (κ1) is 58.2. The number of rotatable bonds is 0. The van der Waals surface area contributed by atoms with Crippen molar-refractivity contribution < 1.29 is 86.0 Å². The van der Waals surface area contributed by atoms with E-state index in [0.717, 1.165) is 70.0 Å². The maximum atomic E-state index is 11.8. The predicted molar refractivity (Wildman–Crippen MR) is 340 cm³/mol. The molecule has 0 amide bonds. The van der Waals surface area contributed by atoms with Crippen LogP contribution < -0.4 is 0 Å². The molecule has 18 heteroatoms. The van der Waals surface area contributed by atoms with E-state index in [2.05, 4.69) is 28.4 Å². The summed E-state index contributed by atoms with van der Waals surface area (Å²) in [5, 5.41) is 13.1. The number of carbonyl (C=O) groups excluding carboxylic acids is 12. The van der Waals surface area contributed by atoms with Crippen LogP contribution in [0.2, 0.25) is 0 Å². The lowest BCUT2D eigenvalue weighted by molar-refractivity contribution is 0.0379. The van der Waals surface area contributed by atoms with Crippen LogP contribution >= 0.6 is 0 Å².